The standard InChI is InChI=1S/C15H18BrN3O/c1-10-7-17-4-5-19(10)9-11-8-18-15(20)13-3-2-12(16)6-14(11)13/h2-3,6,8,10,17H,4-5,7,9H2,1H3,(H,18,20)/t10-/m1/s1. The summed E-state index contributed by atoms with van der Waals surface area (Å²) in [7, 11) is 0. The Bertz CT molecular complexity index is 682. The fraction of sp³-hybridized carbons (Fsp3) is 0.400. The maximum absolute atomic E-state index is 11.9. The average Bonchev–Trinajstić information content (AvgIpc) is 2.44. The summed E-state index contributed by atoms with van der Waals surface area (Å²) < 4.78 is 1.00. The summed E-state index contributed by atoms with van der Waals surface area (Å²) in [6.07, 6.45) is 1.85. The monoisotopic (exact) mass is 335 g/mol. The van der Waals surface area contributed by atoms with Crippen molar-refractivity contribution < 1.29 is 0 Å². The summed E-state index contributed by atoms with van der Waals surface area (Å²) in [5.41, 5.74) is 1.15. The van der Waals surface area contributed by atoms with Crippen molar-refractivity contribution in [3.05, 3.63) is 44.8 Å². The predicted molar refractivity (Wildman–Crippen MR) is 85.0 cm³/mol. The van der Waals surface area contributed by atoms with Crippen molar-refractivity contribution in [2.45, 2.75) is 19.5 Å². The van der Waals surface area contributed by atoms with Gasteiger partial charge in [-0.1, -0.05) is 15.9 Å². The second-order valence-corrected chi connectivity index (χ2v) is 6.27. The first-order valence-electron chi connectivity index (χ1n) is 6.90. The number of fused-ring (bicyclic) bond motifs is 1. The third kappa shape index (κ3) is 2.66. The lowest BCUT2D eigenvalue weighted by atomic mass is 10.1. The van der Waals surface area contributed by atoms with Crippen molar-refractivity contribution in [2.24, 2.45) is 0 Å². The molecule has 0 bridgehead atoms. The van der Waals surface area contributed by atoms with Gasteiger partial charge in [-0.3, -0.25) is 9.69 Å². The summed E-state index contributed by atoms with van der Waals surface area (Å²) in [5.74, 6) is 0. The summed E-state index contributed by atoms with van der Waals surface area (Å²) >= 11 is 3.49. The lowest BCUT2D eigenvalue weighted by molar-refractivity contribution is 0.166. The Morgan fingerprint density at radius 3 is 3.05 bits per heavy atom. The average molecular weight is 336 g/mol. The second-order valence-electron chi connectivity index (χ2n) is 5.36. The third-order valence-corrected chi connectivity index (χ3v) is 4.46. The molecule has 5 heteroatoms. The molecule has 1 saturated heterocycles. The van der Waals surface area contributed by atoms with Crippen LogP contribution in [0.5, 0.6) is 0 Å². The maximum atomic E-state index is 11.9. The molecule has 1 atom stereocenters. The second kappa shape index (κ2) is 5.68. The Morgan fingerprint density at radius 1 is 1.40 bits per heavy atom. The number of aromatic amines is 1. The normalized spacial score (nSPS) is 20.4. The molecular weight excluding hydrogens is 318 g/mol. The number of nitrogens with zero attached hydrogens (tertiary/aromatic N) is 1. The Labute approximate surface area is 126 Å². The van der Waals surface area contributed by atoms with Crippen molar-refractivity contribution in [3.8, 4) is 0 Å². The number of rotatable bonds is 2. The van der Waals surface area contributed by atoms with E-state index >= 15 is 0 Å². The van der Waals surface area contributed by atoms with Gasteiger partial charge in [0.25, 0.3) is 5.56 Å². The van der Waals surface area contributed by atoms with Gasteiger partial charge in [-0.2, -0.15) is 0 Å². The lowest BCUT2D eigenvalue weighted by Crippen LogP contribution is -2.49. The van der Waals surface area contributed by atoms with Crippen LogP contribution >= 0.6 is 15.9 Å². The highest BCUT2D eigenvalue weighted by Gasteiger charge is 2.19. The van der Waals surface area contributed by atoms with E-state index in [1.54, 1.807) is 0 Å². The molecule has 1 aliphatic rings. The molecule has 1 aliphatic heterocycles. The van der Waals surface area contributed by atoms with E-state index in [4.69, 9.17) is 0 Å². The first-order chi connectivity index (χ1) is 9.65. The van der Waals surface area contributed by atoms with Gasteiger partial charge in [0.15, 0.2) is 0 Å². The predicted octanol–water partition coefficient (Wildman–Crippen LogP) is 2.08. The van der Waals surface area contributed by atoms with Crippen LogP contribution in [-0.4, -0.2) is 35.6 Å². The van der Waals surface area contributed by atoms with Crippen molar-refractivity contribution in [1.82, 2.24) is 15.2 Å². The van der Waals surface area contributed by atoms with Gasteiger partial charge in [-0.05, 0) is 36.1 Å². The first kappa shape index (κ1) is 13.8. The van der Waals surface area contributed by atoms with Crippen LogP contribution in [-0.2, 0) is 6.54 Å². The third-order valence-electron chi connectivity index (χ3n) is 3.96. The van der Waals surface area contributed by atoms with E-state index in [2.05, 4.69) is 38.1 Å². The molecule has 20 heavy (non-hydrogen) atoms. The zero-order valence-electron chi connectivity index (χ0n) is 11.4. The molecule has 2 N–H and O–H groups in total. The number of aromatic nitrogens is 1. The number of hydrogen-bond donors (Lipinski definition) is 2. The van der Waals surface area contributed by atoms with E-state index in [9.17, 15) is 4.79 Å². The number of piperazine rings is 1. The minimum Gasteiger partial charge on any atom is -0.328 e. The van der Waals surface area contributed by atoms with Crippen LogP contribution in [0, 0.1) is 0 Å². The van der Waals surface area contributed by atoms with Gasteiger partial charge in [0.1, 0.15) is 0 Å². The molecule has 0 amide bonds. The summed E-state index contributed by atoms with van der Waals surface area (Å²) in [5, 5.41) is 5.19. The highest BCUT2D eigenvalue weighted by molar-refractivity contribution is 9.10. The fourth-order valence-electron chi connectivity index (χ4n) is 2.76. The van der Waals surface area contributed by atoms with Gasteiger partial charge < -0.3 is 10.3 Å². The van der Waals surface area contributed by atoms with Crippen LogP contribution in [0.3, 0.4) is 0 Å². The molecule has 2 aromatic rings. The smallest absolute Gasteiger partial charge is 0.255 e. The van der Waals surface area contributed by atoms with E-state index in [1.165, 1.54) is 5.56 Å². The van der Waals surface area contributed by atoms with Gasteiger partial charge in [-0.25, -0.2) is 0 Å². The molecule has 1 aromatic heterocycles. The zero-order valence-corrected chi connectivity index (χ0v) is 13.0. The molecule has 0 unspecified atom stereocenters. The summed E-state index contributed by atoms with van der Waals surface area (Å²) in [6.45, 7) is 6.18. The molecule has 1 aromatic carbocycles. The minimum atomic E-state index is -0.0235. The Hall–Kier alpha value is -1.17. The molecular formula is C15H18BrN3O. The Balaban J connectivity index is 2.01. The molecule has 0 aliphatic carbocycles. The number of nitrogens with one attached hydrogen (secondary N) is 2. The SMILES string of the molecule is C[C@@H]1CNCCN1Cc1c[nH]c(=O)c2ccc(Br)cc12. The minimum absolute atomic E-state index is 0.0235. The Kier molecular flexibility index (Phi) is 3.92. The molecule has 3 rings (SSSR count). The number of benzene rings is 1. The van der Waals surface area contributed by atoms with E-state index in [1.807, 2.05) is 24.4 Å². The lowest BCUT2D eigenvalue weighted by Gasteiger charge is -2.34. The number of H-pyrrole nitrogens is 1. The van der Waals surface area contributed by atoms with Crippen molar-refractivity contribution >= 4 is 26.7 Å². The topological polar surface area (TPSA) is 48.1 Å². The van der Waals surface area contributed by atoms with Gasteiger partial charge >= 0.3 is 0 Å². The summed E-state index contributed by atoms with van der Waals surface area (Å²) in [4.78, 5) is 17.2. The van der Waals surface area contributed by atoms with Crippen LogP contribution in [0.25, 0.3) is 10.8 Å². The van der Waals surface area contributed by atoms with Gasteiger partial charge in [0, 0.05) is 48.3 Å². The van der Waals surface area contributed by atoms with E-state index in [-0.39, 0.29) is 5.56 Å². The van der Waals surface area contributed by atoms with Crippen molar-refractivity contribution in [3.63, 3.8) is 0 Å². The molecule has 0 saturated carbocycles. The molecule has 4 nitrogen and oxygen atoms in total. The van der Waals surface area contributed by atoms with Crippen LogP contribution in [0.4, 0.5) is 0 Å². The molecule has 1 fully saturated rings. The fourth-order valence-corrected chi connectivity index (χ4v) is 3.12. The number of halogens is 1. The van der Waals surface area contributed by atoms with Crippen molar-refractivity contribution in [2.75, 3.05) is 19.6 Å². The largest absolute Gasteiger partial charge is 0.328 e. The van der Waals surface area contributed by atoms with E-state index in [0.29, 0.717) is 6.04 Å². The summed E-state index contributed by atoms with van der Waals surface area (Å²) in [6, 6.07) is 6.34. The zero-order chi connectivity index (χ0) is 14.1. The number of pyridine rings is 1. The molecule has 106 valence electrons. The van der Waals surface area contributed by atoms with Gasteiger partial charge in [-0.15, -0.1) is 0 Å². The highest BCUT2D eigenvalue weighted by atomic mass is 79.9. The van der Waals surface area contributed by atoms with Crippen LogP contribution in [0.2, 0.25) is 0 Å². The van der Waals surface area contributed by atoms with Gasteiger partial charge in [0.2, 0.25) is 0 Å². The van der Waals surface area contributed by atoms with E-state index < -0.39 is 0 Å². The van der Waals surface area contributed by atoms with Crippen LogP contribution in [0.15, 0.2) is 33.7 Å². The van der Waals surface area contributed by atoms with Gasteiger partial charge in [0.05, 0.1) is 0 Å². The van der Waals surface area contributed by atoms with Crippen LogP contribution < -0.4 is 10.9 Å². The molecule has 0 spiro atoms. The Morgan fingerprint density at radius 2 is 2.25 bits per heavy atom. The molecule has 2 heterocycles. The van der Waals surface area contributed by atoms with E-state index in [0.717, 1.165) is 41.4 Å². The highest BCUT2D eigenvalue weighted by Crippen LogP contribution is 2.22. The van der Waals surface area contributed by atoms with Crippen LogP contribution in [0.1, 0.15) is 12.5 Å². The van der Waals surface area contributed by atoms with Crippen molar-refractivity contribution in [1.29, 1.82) is 0 Å². The maximum Gasteiger partial charge on any atom is 0.255 e. The molecule has 0 radical (unpaired) electrons. The quantitative estimate of drug-likeness (QED) is 0.883. The number of hydrogen-bond acceptors (Lipinski definition) is 3. The first-order valence-corrected chi connectivity index (χ1v) is 7.69.